The maximum absolute atomic E-state index is 15.7. The SMILES string of the molecule is CCc1cc(O)ccc1C1CCC2C(c3ncc(C4=CCN[C@H](CO)C4)[nH]3)NNC2C1F. The van der Waals surface area contributed by atoms with Crippen LogP contribution in [-0.4, -0.2) is 51.6 Å². The number of halogens is 1. The molecule has 172 valence electrons. The van der Waals surface area contributed by atoms with E-state index in [9.17, 15) is 10.2 Å². The van der Waals surface area contributed by atoms with E-state index in [2.05, 4.69) is 32.2 Å². The summed E-state index contributed by atoms with van der Waals surface area (Å²) in [5, 5.41) is 22.5. The molecule has 6 N–H and O–H groups in total. The first-order chi connectivity index (χ1) is 15.6. The molecule has 5 unspecified atom stereocenters. The van der Waals surface area contributed by atoms with Crippen molar-refractivity contribution in [1.29, 1.82) is 0 Å². The number of imidazole rings is 1. The van der Waals surface area contributed by atoms with Gasteiger partial charge in [0.1, 0.15) is 17.7 Å². The van der Waals surface area contributed by atoms with E-state index in [1.807, 2.05) is 19.2 Å². The Bertz CT molecular complexity index is 993. The van der Waals surface area contributed by atoms with E-state index < -0.39 is 6.17 Å². The number of hydrogen-bond acceptors (Lipinski definition) is 6. The molecular weight excluding hydrogens is 409 g/mol. The third kappa shape index (κ3) is 3.85. The van der Waals surface area contributed by atoms with Crippen LogP contribution in [0.5, 0.6) is 5.75 Å². The molecule has 1 aliphatic carbocycles. The highest BCUT2D eigenvalue weighted by atomic mass is 19.1. The minimum absolute atomic E-state index is 0.0629. The molecule has 7 nitrogen and oxygen atoms in total. The lowest BCUT2D eigenvalue weighted by molar-refractivity contribution is 0.135. The van der Waals surface area contributed by atoms with Gasteiger partial charge in [-0.25, -0.2) is 14.8 Å². The fourth-order valence-electron chi connectivity index (χ4n) is 5.69. The number of phenolic OH excluding ortho intramolecular Hbond substituents is 1. The Morgan fingerprint density at radius 3 is 2.91 bits per heavy atom. The summed E-state index contributed by atoms with van der Waals surface area (Å²) in [5.41, 5.74) is 10.7. The van der Waals surface area contributed by atoms with E-state index in [0.29, 0.717) is 0 Å². The minimum Gasteiger partial charge on any atom is -0.508 e. The van der Waals surface area contributed by atoms with E-state index in [1.165, 1.54) is 0 Å². The zero-order chi connectivity index (χ0) is 22.2. The lowest BCUT2D eigenvalue weighted by atomic mass is 9.71. The van der Waals surface area contributed by atoms with E-state index in [1.54, 1.807) is 12.1 Å². The molecule has 8 heteroatoms. The summed E-state index contributed by atoms with van der Waals surface area (Å²) in [4.78, 5) is 8.07. The molecule has 1 saturated carbocycles. The lowest BCUT2D eigenvalue weighted by Crippen LogP contribution is -2.45. The topological polar surface area (TPSA) is 105 Å². The second-order valence-corrected chi connectivity index (χ2v) is 9.22. The maximum atomic E-state index is 15.7. The van der Waals surface area contributed by atoms with Crippen molar-refractivity contribution < 1.29 is 14.6 Å². The lowest BCUT2D eigenvalue weighted by Gasteiger charge is -2.36. The standard InChI is InChI=1S/C24H32FN5O2/c1-2-13-10-16(32)3-4-17(13)18-5-6-19-22(21(18)25)29-30-23(19)24-27-11-20(28-24)14-7-8-26-15(9-14)12-31/h3-4,7,10-11,15,18-19,21-23,26,29-32H,2,5-6,8-9,12H2,1H3,(H,27,28)/t15-,18?,19?,21?,22?,23?/m0/s1. The van der Waals surface area contributed by atoms with Crippen LogP contribution in [0.1, 0.15) is 60.8 Å². The number of nitrogens with one attached hydrogen (secondary N) is 4. The van der Waals surface area contributed by atoms with Gasteiger partial charge >= 0.3 is 0 Å². The fraction of sp³-hybridized carbons (Fsp3) is 0.542. The summed E-state index contributed by atoms with van der Waals surface area (Å²) in [6.07, 6.45) is 6.13. The monoisotopic (exact) mass is 441 g/mol. The highest BCUT2D eigenvalue weighted by molar-refractivity contribution is 5.64. The highest BCUT2D eigenvalue weighted by Gasteiger charge is 2.48. The molecule has 3 heterocycles. The number of alkyl halides is 1. The quantitative estimate of drug-likeness (QED) is 0.426. The number of phenols is 1. The van der Waals surface area contributed by atoms with Gasteiger partial charge in [0, 0.05) is 24.4 Å². The van der Waals surface area contributed by atoms with Crippen molar-refractivity contribution in [3.05, 3.63) is 53.1 Å². The second-order valence-electron chi connectivity index (χ2n) is 9.22. The van der Waals surface area contributed by atoms with Crippen LogP contribution >= 0.6 is 0 Å². The normalized spacial score (nSPS) is 32.5. The summed E-state index contributed by atoms with van der Waals surface area (Å²) in [6.45, 7) is 2.87. The van der Waals surface area contributed by atoms with Crippen LogP contribution in [0.4, 0.5) is 4.39 Å². The molecule has 2 fully saturated rings. The van der Waals surface area contributed by atoms with E-state index in [4.69, 9.17) is 0 Å². The van der Waals surface area contributed by atoms with Crippen LogP contribution in [0.25, 0.3) is 5.57 Å². The molecule has 3 aliphatic rings. The third-order valence-corrected chi connectivity index (χ3v) is 7.42. The average Bonchev–Trinajstić information content (AvgIpc) is 3.47. The van der Waals surface area contributed by atoms with Crippen LogP contribution in [0.15, 0.2) is 30.5 Å². The summed E-state index contributed by atoms with van der Waals surface area (Å²) in [7, 11) is 0. The van der Waals surface area contributed by atoms with Gasteiger partial charge in [0.2, 0.25) is 0 Å². The average molecular weight is 442 g/mol. The van der Waals surface area contributed by atoms with Crippen molar-refractivity contribution in [3.8, 4) is 5.75 Å². The van der Waals surface area contributed by atoms with Gasteiger partial charge in [-0.3, -0.25) is 5.43 Å². The Morgan fingerprint density at radius 1 is 1.22 bits per heavy atom. The van der Waals surface area contributed by atoms with Gasteiger partial charge in [0.25, 0.3) is 0 Å². The smallest absolute Gasteiger partial charge is 0.125 e. The van der Waals surface area contributed by atoms with Crippen LogP contribution in [0, 0.1) is 5.92 Å². The summed E-state index contributed by atoms with van der Waals surface area (Å²) in [5.74, 6) is 0.986. The Labute approximate surface area is 187 Å². The van der Waals surface area contributed by atoms with Crippen molar-refractivity contribution in [2.45, 2.75) is 62.8 Å². The summed E-state index contributed by atoms with van der Waals surface area (Å²) in [6, 6.07) is 5.01. The molecular formula is C24H32FN5O2. The number of aliphatic hydroxyl groups excluding tert-OH is 1. The number of H-pyrrole nitrogens is 1. The van der Waals surface area contributed by atoms with Gasteiger partial charge in [-0.2, -0.15) is 0 Å². The fourth-order valence-corrected chi connectivity index (χ4v) is 5.69. The van der Waals surface area contributed by atoms with Crippen LogP contribution in [0.3, 0.4) is 0 Å². The van der Waals surface area contributed by atoms with Gasteiger partial charge in [0.05, 0.1) is 30.6 Å². The largest absolute Gasteiger partial charge is 0.508 e. The van der Waals surface area contributed by atoms with Gasteiger partial charge < -0.3 is 20.5 Å². The molecule has 5 rings (SSSR count). The predicted octanol–water partition coefficient (Wildman–Crippen LogP) is 2.46. The number of hydrazine groups is 1. The van der Waals surface area contributed by atoms with Gasteiger partial charge in [-0.15, -0.1) is 0 Å². The Kier molecular flexibility index (Phi) is 6.03. The number of aliphatic hydroxyl groups is 1. The molecule has 0 spiro atoms. The molecule has 1 aromatic carbocycles. The second kappa shape index (κ2) is 8.94. The molecule has 0 bridgehead atoms. The highest BCUT2D eigenvalue weighted by Crippen LogP contribution is 2.45. The van der Waals surface area contributed by atoms with E-state index in [-0.39, 0.29) is 42.3 Å². The molecule has 1 aromatic heterocycles. The van der Waals surface area contributed by atoms with Crippen molar-refractivity contribution >= 4 is 5.57 Å². The molecule has 2 aliphatic heterocycles. The van der Waals surface area contributed by atoms with Crippen LogP contribution < -0.4 is 16.2 Å². The number of aryl methyl sites for hydroxylation is 1. The minimum atomic E-state index is -1.02. The van der Waals surface area contributed by atoms with Crippen molar-refractivity contribution in [2.75, 3.05) is 13.2 Å². The zero-order valence-corrected chi connectivity index (χ0v) is 18.3. The third-order valence-electron chi connectivity index (χ3n) is 7.42. The van der Waals surface area contributed by atoms with Crippen molar-refractivity contribution in [3.63, 3.8) is 0 Å². The first kappa shape index (κ1) is 21.6. The van der Waals surface area contributed by atoms with E-state index in [0.717, 1.165) is 60.4 Å². The number of nitrogens with zero attached hydrogens (tertiary/aromatic N) is 1. The molecule has 0 amide bonds. The molecule has 6 atom stereocenters. The van der Waals surface area contributed by atoms with Crippen molar-refractivity contribution in [2.24, 2.45) is 5.92 Å². The van der Waals surface area contributed by atoms with Gasteiger partial charge in [-0.1, -0.05) is 19.1 Å². The first-order valence-corrected chi connectivity index (χ1v) is 11.6. The summed E-state index contributed by atoms with van der Waals surface area (Å²) >= 11 is 0. The van der Waals surface area contributed by atoms with Crippen LogP contribution in [-0.2, 0) is 6.42 Å². The number of hydrogen-bond donors (Lipinski definition) is 6. The number of benzene rings is 1. The zero-order valence-electron chi connectivity index (χ0n) is 18.3. The van der Waals surface area contributed by atoms with E-state index >= 15 is 4.39 Å². The molecule has 1 saturated heterocycles. The Hall–Kier alpha value is -2.26. The maximum Gasteiger partial charge on any atom is 0.125 e. The Balaban J connectivity index is 1.32. The predicted molar refractivity (Wildman–Crippen MR) is 121 cm³/mol. The van der Waals surface area contributed by atoms with Crippen LogP contribution in [0.2, 0.25) is 0 Å². The summed E-state index contributed by atoms with van der Waals surface area (Å²) < 4.78 is 15.7. The van der Waals surface area contributed by atoms with Crippen molar-refractivity contribution in [1.82, 2.24) is 26.1 Å². The molecule has 32 heavy (non-hydrogen) atoms. The number of rotatable bonds is 5. The number of aromatic hydroxyl groups is 1. The number of fused-ring (bicyclic) bond motifs is 1. The Morgan fingerprint density at radius 2 is 2.09 bits per heavy atom. The first-order valence-electron chi connectivity index (χ1n) is 11.6. The molecule has 0 radical (unpaired) electrons. The number of aromatic nitrogens is 2. The molecule has 2 aromatic rings. The van der Waals surface area contributed by atoms with Gasteiger partial charge in [-0.05, 0) is 54.5 Å². The number of aromatic amines is 1. The van der Waals surface area contributed by atoms with Gasteiger partial charge in [0.15, 0.2) is 0 Å².